The number of likely N-dealkylation sites (tertiary alicyclic amines) is 2. The van der Waals surface area contributed by atoms with Crippen LogP contribution in [0.3, 0.4) is 0 Å². The molecule has 1 aromatic carbocycles. The minimum absolute atomic E-state index is 0.162. The van der Waals surface area contributed by atoms with E-state index in [0.717, 1.165) is 56.8 Å². The van der Waals surface area contributed by atoms with Crippen molar-refractivity contribution >= 4 is 0 Å². The summed E-state index contributed by atoms with van der Waals surface area (Å²) in [5, 5.41) is 20.4. The first kappa shape index (κ1) is 17.7. The van der Waals surface area contributed by atoms with Gasteiger partial charge in [0.1, 0.15) is 5.76 Å². The van der Waals surface area contributed by atoms with Crippen molar-refractivity contribution < 1.29 is 14.6 Å². The van der Waals surface area contributed by atoms with Crippen LogP contribution in [0.25, 0.3) is 11.3 Å². The molecule has 0 unspecified atom stereocenters. The van der Waals surface area contributed by atoms with Crippen LogP contribution in [-0.2, 0) is 6.54 Å². The normalized spacial score (nSPS) is 26.2. The molecule has 3 heterocycles. The van der Waals surface area contributed by atoms with Crippen LogP contribution in [0, 0.1) is 0 Å². The Balaban J connectivity index is 1.35. The average molecular weight is 356 g/mol. The second-order valence-corrected chi connectivity index (χ2v) is 7.60. The third-order valence-corrected chi connectivity index (χ3v) is 5.74. The molecular weight excluding hydrogens is 328 g/mol. The average Bonchev–Trinajstić information content (AvgIpc) is 3.18. The van der Waals surface area contributed by atoms with Crippen molar-refractivity contribution in [2.45, 2.75) is 44.1 Å². The molecular formula is C21H28N2O3. The zero-order chi connectivity index (χ0) is 17.9. The highest BCUT2D eigenvalue weighted by atomic mass is 16.3. The zero-order valence-corrected chi connectivity index (χ0v) is 15.1. The summed E-state index contributed by atoms with van der Waals surface area (Å²) in [5.74, 6) is 0.887. The third-order valence-electron chi connectivity index (χ3n) is 5.74. The Kier molecular flexibility index (Phi) is 5.41. The molecule has 0 spiro atoms. The van der Waals surface area contributed by atoms with Crippen LogP contribution >= 0.6 is 0 Å². The van der Waals surface area contributed by atoms with Gasteiger partial charge in [-0.15, -0.1) is 0 Å². The maximum atomic E-state index is 10.7. The number of rotatable bonds is 4. The van der Waals surface area contributed by atoms with Gasteiger partial charge in [0.25, 0.3) is 0 Å². The molecule has 2 fully saturated rings. The van der Waals surface area contributed by atoms with Crippen molar-refractivity contribution in [3.63, 3.8) is 0 Å². The number of hydrogen-bond donors (Lipinski definition) is 2. The summed E-state index contributed by atoms with van der Waals surface area (Å²) in [6.45, 7) is 4.33. The lowest BCUT2D eigenvalue weighted by Gasteiger charge is -2.43. The highest BCUT2D eigenvalue weighted by molar-refractivity contribution is 5.58. The summed E-state index contributed by atoms with van der Waals surface area (Å²) in [6, 6.07) is 12.5. The van der Waals surface area contributed by atoms with Crippen LogP contribution < -0.4 is 0 Å². The maximum Gasteiger partial charge on any atom is 0.133 e. The van der Waals surface area contributed by atoms with E-state index in [1.54, 1.807) is 6.26 Å². The number of piperidine rings is 2. The SMILES string of the molecule is OC1CCN([C@@H]2CCN(Cc3cccc(-c4ccco4)c3)C[C@H]2O)CC1. The monoisotopic (exact) mass is 356 g/mol. The van der Waals surface area contributed by atoms with Crippen LogP contribution in [0.1, 0.15) is 24.8 Å². The van der Waals surface area contributed by atoms with Crippen LogP contribution in [0.4, 0.5) is 0 Å². The van der Waals surface area contributed by atoms with Crippen molar-refractivity contribution in [3.05, 3.63) is 48.2 Å². The second-order valence-electron chi connectivity index (χ2n) is 7.60. The molecule has 5 heteroatoms. The quantitative estimate of drug-likeness (QED) is 0.881. The van der Waals surface area contributed by atoms with Crippen molar-refractivity contribution in [2.75, 3.05) is 26.2 Å². The predicted molar refractivity (Wildman–Crippen MR) is 101 cm³/mol. The van der Waals surface area contributed by atoms with E-state index in [9.17, 15) is 10.2 Å². The molecule has 5 nitrogen and oxygen atoms in total. The van der Waals surface area contributed by atoms with E-state index in [1.807, 2.05) is 12.1 Å². The number of β-amino-alcohol motifs (C(OH)–C–C–N with tert-alkyl or cyclic N) is 1. The van der Waals surface area contributed by atoms with Crippen LogP contribution in [0.2, 0.25) is 0 Å². The van der Waals surface area contributed by atoms with E-state index >= 15 is 0 Å². The highest BCUT2D eigenvalue weighted by Crippen LogP contribution is 2.24. The molecule has 0 saturated carbocycles. The molecule has 1 aromatic heterocycles. The molecule has 2 N–H and O–H groups in total. The predicted octanol–water partition coefficient (Wildman–Crippen LogP) is 2.34. The van der Waals surface area contributed by atoms with Gasteiger partial charge in [-0.1, -0.05) is 18.2 Å². The van der Waals surface area contributed by atoms with Gasteiger partial charge in [-0.05, 0) is 43.0 Å². The van der Waals surface area contributed by atoms with Gasteiger partial charge in [0.2, 0.25) is 0 Å². The van der Waals surface area contributed by atoms with Crippen molar-refractivity contribution in [1.82, 2.24) is 9.80 Å². The number of furan rings is 1. The van der Waals surface area contributed by atoms with E-state index in [1.165, 1.54) is 5.56 Å². The highest BCUT2D eigenvalue weighted by Gasteiger charge is 2.33. The van der Waals surface area contributed by atoms with Crippen LogP contribution in [-0.4, -0.2) is 64.4 Å². The van der Waals surface area contributed by atoms with Crippen LogP contribution in [0.15, 0.2) is 47.1 Å². The van der Waals surface area contributed by atoms with Gasteiger partial charge >= 0.3 is 0 Å². The Morgan fingerprint density at radius 2 is 1.85 bits per heavy atom. The molecule has 0 bridgehead atoms. The Morgan fingerprint density at radius 1 is 1.00 bits per heavy atom. The van der Waals surface area contributed by atoms with E-state index in [4.69, 9.17) is 4.42 Å². The minimum Gasteiger partial charge on any atom is -0.464 e. The maximum absolute atomic E-state index is 10.7. The van der Waals surface area contributed by atoms with Crippen LogP contribution in [0.5, 0.6) is 0 Å². The molecule has 0 aliphatic carbocycles. The lowest BCUT2D eigenvalue weighted by Crippen LogP contribution is -2.55. The number of aliphatic hydroxyl groups excluding tert-OH is 2. The number of benzene rings is 1. The minimum atomic E-state index is -0.327. The number of hydrogen-bond acceptors (Lipinski definition) is 5. The van der Waals surface area contributed by atoms with Gasteiger partial charge < -0.3 is 14.6 Å². The van der Waals surface area contributed by atoms with Crippen molar-refractivity contribution in [2.24, 2.45) is 0 Å². The summed E-state index contributed by atoms with van der Waals surface area (Å²) >= 11 is 0. The molecule has 2 aliphatic heterocycles. The first-order chi connectivity index (χ1) is 12.7. The lowest BCUT2D eigenvalue weighted by molar-refractivity contribution is -0.0355. The Morgan fingerprint density at radius 3 is 2.58 bits per heavy atom. The smallest absolute Gasteiger partial charge is 0.133 e. The fourth-order valence-electron chi connectivity index (χ4n) is 4.30. The Hall–Kier alpha value is -1.66. The van der Waals surface area contributed by atoms with Gasteiger partial charge in [-0.25, -0.2) is 0 Å². The number of nitrogens with zero attached hydrogens (tertiary/aromatic N) is 2. The molecule has 2 aliphatic rings. The van der Waals surface area contributed by atoms with E-state index in [0.29, 0.717) is 6.54 Å². The fourth-order valence-corrected chi connectivity index (χ4v) is 4.30. The van der Waals surface area contributed by atoms with E-state index < -0.39 is 0 Å². The molecule has 140 valence electrons. The molecule has 26 heavy (non-hydrogen) atoms. The molecule has 0 radical (unpaired) electrons. The molecule has 4 rings (SSSR count). The van der Waals surface area contributed by atoms with Gasteiger partial charge in [-0.2, -0.15) is 0 Å². The molecule has 2 aromatic rings. The summed E-state index contributed by atoms with van der Waals surface area (Å²) in [6.07, 6.45) is 3.84. The second kappa shape index (κ2) is 7.92. The first-order valence-corrected chi connectivity index (χ1v) is 9.64. The third kappa shape index (κ3) is 4.01. The molecule has 2 saturated heterocycles. The van der Waals surface area contributed by atoms with E-state index in [2.05, 4.69) is 34.1 Å². The zero-order valence-electron chi connectivity index (χ0n) is 15.1. The lowest BCUT2D eigenvalue weighted by atomic mass is 9.96. The topological polar surface area (TPSA) is 60.1 Å². The molecule has 2 atom stereocenters. The van der Waals surface area contributed by atoms with Gasteiger partial charge in [0, 0.05) is 44.3 Å². The summed E-state index contributed by atoms with van der Waals surface area (Å²) in [7, 11) is 0. The summed E-state index contributed by atoms with van der Waals surface area (Å²) in [4.78, 5) is 4.70. The largest absolute Gasteiger partial charge is 0.464 e. The molecule has 0 amide bonds. The Bertz CT molecular complexity index is 695. The fraction of sp³-hybridized carbons (Fsp3) is 0.524. The Labute approximate surface area is 154 Å². The first-order valence-electron chi connectivity index (χ1n) is 9.64. The summed E-state index contributed by atoms with van der Waals surface area (Å²) < 4.78 is 5.49. The summed E-state index contributed by atoms with van der Waals surface area (Å²) in [5.41, 5.74) is 2.33. The van der Waals surface area contributed by atoms with Gasteiger partial charge in [0.15, 0.2) is 0 Å². The standard InChI is InChI=1S/C21H28N2O3/c24-18-6-10-23(11-7-18)19-8-9-22(15-20(19)25)14-16-3-1-4-17(13-16)21-5-2-12-26-21/h1-5,12-13,18-20,24-25H,6-11,14-15H2/t19-,20-/m1/s1. The van der Waals surface area contributed by atoms with Crippen molar-refractivity contribution in [3.8, 4) is 11.3 Å². The van der Waals surface area contributed by atoms with E-state index in [-0.39, 0.29) is 18.2 Å². The van der Waals surface area contributed by atoms with Gasteiger partial charge in [0.05, 0.1) is 18.5 Å². The van der Waals surface area contributed by atoms with Crippen molar-refractivity contribution in [1.29, 1.82) is 0 Å². The number of aliphatic hydroxyl groups is 2. The van der Waals surface area contributed by atoms with Gasteiger partial charge in [-0.3, -0.25) is 9.80 Å².